The van der Waals surface area contributed by atoms with Crippen LogP contribution in [0.4, 0.5) is 0 Å². The number of carbonyl (C=O) groups excluding carboxylic acids is 1. The largest absolute Gasteiger partial charge is 0.480 e. The fourth-order valence-electron chi connectivity index (χ4n) is 1.75. The Bertz CT molecular complexity index is 420. The molecule has 0 aromatic rings. The van der Waals surface area contributed by atoms with Crippen molar-refractivity contribution in [2.24, 2.45) is 5.14 Å². The molecule has 8 nitrogen and oxygen atoms in total. The fraction of sp³-hybridized carbons (Fsp3) is 0.750. The normalized spacial score (nSPS) is 22.8. The molecule has 2 atom stereocenters. The number of carboxylic acid groups (broad SMARTS) is 1. The molecule has 1 aliphatic rings. The number of carboxylic acids is 1. The Kier molecular flexibility index (Phi) is 4.07. The Morgan fingerprint density at radius 3 is 2.53 bits per heavy atom. The molecular weight excluding hydrogens is 252 g/mol. The number of nitrogens with two attached hydrogens (primary N) is 1. The third kappa shape index (κ3) is 3.14. The van der Waals surface area contributed by atoms with E-state index in [1.54, 1.807) is 0 Å². The number of primary sulfonamides is 1. The average molecular weight is 266 g/mol. The van der Waals surface area contributed by atoms with Crippen molar-refractivity contribution < 1.29 is 28.2 Å². The lowest BCUT2D eigenvalue weighted by molar-refractivity contribution is -0.148. The quantitative estimate of drug-likeness (QED) is 0.512. The van der Waals surface area contributed by atoms with Gasteiger partial charge in [-0.15, -0.1) is 0 Å². The molecule has 9 heteroatoms. The van der Waals surface area contributed by atoms with Gasteiger partial charge >= 0.3 is 5.97 Å². The van der Waals surface area contributed by atoms with Gasteiger partial charge in [0.05, 0.1) is 0 Å². The highest BCUT2D eigenvalue weighted by Crippen LogP contribution is 2.20. The van der Waals surface area contributed by atoms with Gasteiger partial charge < -0.3 is 15.1 Å². The van der Waals surface area contributed by atoms with Crippen molar-refractivity contribution in [2.75, 3.05) is 13.2 Å². The van der Waals surface area contributed by atoms with Gasteiger partial charge in [-0.3, -0.25) is 4.79 Å². The van der Waals surface area contributed by atoms with Crippen LogP contribution < -0.4 is 5.14 Å². The van der Waals surface area contributed by atoms with Crippen LogP contribution >= 0.6 is 0 Å². The third-order valence-corrected chi connectivity index (χ3v) is 3.90. The minimum absolute atomic E-state index is 0.140. The molecule has 1 rings (SSSR count). The molecule has 1 fully saturated rings. The molecule has 1 amide bonds. The first-order chi connectivity index (χ1) is 7.77. The molecule has 1 saturated heterocycles. The third-order valence-electron chi connectivity index (χ3n) is 2.65. The lowest BCUT2D eigenvalue weighted by atomic mass is 10.2. The molecule has 1 aliphatic heterocycles. The molecule has 0 aromatic carbocycles. The minimum atomic E-state index is -3.86. The summed E-state index contributed by atoms with van der Waals surface area (Å²) in [4.78, 5) is 23.3. The predicted octanol–water partition coefficient (Wildman–Crippen LogP) is -2.29. The zero-order chi connectivity index (χ0) is 13.2. The van der Waals surface area contributed by atoms with E-state index >= 15 is 0 Å². The first-order valence-corrected chi connectivity index (χ1v) is 6.53. The van der Waals surface area contributed by atoms with Crippen LogP contribution in [0.1, 0.15) is 12.8 Å². The maximum Gasteiger partial charge on any atom is 0.326 e. The van der Waals surface area contributed by atoms with Crippen LogP contribution in [0.5, 0.6) is 0 Å². The summed E-state index contributed by atoms with van der Waals surface area (Å²) in [6.07, 6.45) is -0.452. The number of aliphatic carboxylic acids is 1. The van der Waals surface area contributed by atoms with E-state index in [1.165, 1.54) is 0 Å². The second kappa shape index (κ2) is 4.98. The van der Waals surface area contributed by atoms with Gasteiger partial charge in [0, 0.05) is 26.0 Å². The van der Waals surface area contributed by atoms with Crippen LogP contribution in [0.25, 0.3) is 0 Å². The maximum atomic E-state index is 11.5. The minimum Gasteiger partial charge on any atom is -0.480 e. The highest BCUT2D eigenvalue weighted by molar-refractivity contribution is 7.89. The zero-order valence-corrected chi connectivity index (χ0v) is 9.76. The number of aliphatic hydroxyl groups excluding tert-OH is 1. The number of aliphatic hydroxyl groups is 1. The summed E-state index contributed by atoms with van der Waals surface area (Å²) in [5.74, 6) is -1.85. The molecule has 0 saturated carbocycles. The molecule has 0 aliphatic carbocycles. The average Bonchev–Trinajstić information content (AvgIpc) is 2.55. The summed E-state index contributed by atoms with van der Waals surface area (Å²) in [6.45, 7) is -0.643. The van der Waals surface area contributed by atoms with Crippen LogP contribution in [0.15, 0.2) is 0 Å². The van der Waals surface area contributed by atoms with E-state index in [1.807, 2.05) is 0 Å². The number of nitrogens with zero attached hydrogens (tertiary/aromatic N) is 1. The van der Waals surface area contributed by atoms with Gasteiger partial charge in [0.2, 0.25) is 15.9 Å². The molecule has 1 heterocycles. The van der Waals surface area contributed by atoms with Gasteiger partial charge in [-0.2, -0.15) is 0 Å². The van der Waals surface area contributed by atoms with Crippen molar-refractivity contribution in [3.63, 3.8) is 0 Å². The number of likely N-dealkylation sites (tertiary alicyclic amines) is 1. The van der Waals surface area contributed by atoms with Crippen molar-refractivity contribution in [2.45, 2.75) is 24.1 Å². The molecule has 17 heavy (non-hydrogen) atoms. The highest BCUT2D eigenvalue weighted by atomic mass is 32.2. The molecule has 0 aromatic heterocycles. The van der Waals surface area contributed by atoms with Crippen LogP contribution in [-0.4, -0.2) is 59.9 Å². The monoisotopic (exact) mass is 266 g/mol. The number of amides is 1. The SMILES string of the molecule is NS(=O)(=O)C1CC(=O)N([C@@H](CCO)C(=O)O)C1. The van der Waals surface area contributed by atoms with E-state index in [-0.39, 0.29) is 19.4 Å². The van der Waals surface area contributed by atoms with E-state index in [0.29, 0.717) is 0 Å². The first kappa shape index (κ1) is 13.9. The number of carbonyl (C=O) groups is 2. The van der Waals surface area contributed by atoms with E-state index in [4.69, 9.17) is 15.4 Å². The standard InChI is InChI=1S/C8H14N2O6S/c9-17(15,16)5-3-7(12)10(4-5)6(1-2-11)8(13)14/h5-6,11H,1-4H2,(H,13,14)(H2,9,15,16)/t5?,6-/m0/s1. The van der Waals surface area contributed by atoms with Gasteiger partial charge in [-0.05, 0) is 0 Å². The number of hydrogen-bond donors (Lipinski definition) is 3. The molecular formula is C8H14N2O6S. The maximum absolute atomic E-state index is 11.5. The predicted molar refractivity (Wildman–Crippen MR) is 56.4 cm³/mol. The summed E-state index contributed by atoms with van der Waals surface area (Å²) in [6, 6.07) is -1.21. The Hall–Kier alpha value is -1.19. The van der Waals surface area contributed by atoms with Crippen molar-refractivity contribution in [3.8, 4) is 0 Å². The van der Waals surface area contributed by atoms with Crippen LogP contribution in [0.2, 0.25) is 0 Å². The van der Waals surface area contributed by atoms with E-state index in [9.17, 15) is 18.0 Å². The number of rotatable bonds is 5. The lowest BCUT2D eigenvalue weighted by Crippen LogP contribution is -2.44. The van der Waals surface area contributed by atoms with Gasteiger partial charge in [-0.1, -0.05) is 0 Å². The molecule has 4 N–H and O–H groups in total. The summed E-state index contributed by atoms with van der Waals surface area (Å²) < 4.78 is 22.2. The smallest absolute Gasteiger partial charge is 0.326 e. The van der Waals surface area contributed by atoms with Gasteiger partial charge in [0.25, 0.3) is 0 Å². The van der Waals surface area contributed by atoms with E-state index in [0.717, 1.165) is 4.90 Å². The highest BCUT2D eigenvalue weighted by Gasteiger charge is 2.41. The number of hydrogen-bond acceptors (Lipinski definition) is 5. The molecule has 0 spiro atoms. The van der Waals surface area contributed by atoms with Crippen molar-refractivity contribution in [3.05, 3.63) is 0 Å². The molecule has 0 bridgehead atoms. The Balaban J connectivity index is 2.85. The van der Waals surface area contributed by atoms with Crippen LogP contribution in [-0.2, 0) is 19.6 Å². The summed E-state index contributed by atoms with van der Waals surface area (Å²) in [7, 11) is -3.86. The van der Waals surface area contributed by atoms with Gasteiger partial charge in [0.15, 0.2) is 0 Å². The summed E-state index contributed by atoms with van der Waals surface area (Å²) in [5.41, 5.74) is 0. The Morgan fingerprint density at radius 1 is 1.59 bits per heavy atom. The molecule has 1 unspecified atom stereocenters. The van der Waals surface area contributed by atoms with E-state index in [2.05, 4.69) is 0 Å². The lowest BCUT2D eigenvalue weighted by Gasteiger charge is -2.23. The summed E-state index contributed by atoms with van der Waals surface area (Å²) >= 11 is 0. The van der Waals surface area contributed by atoms with Crippen molar-refractivity contribution >= 4 is 21.9 Å². The first-order valence-electron chi connectivity index (χ1n) is 4.92. The molecule has 0 radical (unpaired) electrons. The zero-order valence-electron chi connectivity index (χ0n) is 8.94. The van der Waals surface area contributed by atoms with Crippen molar-refractivity contribution in [1.82, 2.24) is 4.90 Å². The Morgan fingerprint density at radius 2 is 2.18 bits per heavy atom. The number of sulfonamides is 1. The van der Waals surface area contributed by atoms with Gasteiger partial charge in [0.1, 0.15) is 11.3 Å². The van der Waals surface area contributed by atoms with Crippen LogP contribution in [0.3, 0.4) is 0 Å². The second-order valence-electron chi connectivity index (χ2n) is 3.83. The van der Waals surface area contributed by atoms with Gasteiger partial charge in [-0.25, -0.2) is 18.4 Å². The van der Waals surface area contributed by atoms with Crippen LogP contribution in [0, 0.1) is 0 Å². The Labute approximate surface area is 98.1 Å². The molecule has 98 valence electrons. The summed E-state index contributed by atoms with van der Waals surface area (Å²) in [5, 5.41) is 21.4. The second-order valence-corrected chi connectivity index (χ2v) is 5.67. The fourth-order valence-corrected chi connectivity index (χ4v) is 2.50. The topological polar surface area (TPSA) is 138 Å². The van der Waals surface area contributed by atoms with Crippen molar-refractivity contribution in [1.29, 1.82) is 0 Å². The van der Waals surface area contributed by atoms with E-state index < -0.39 is 39.8 Å².